The third-order valence-corrected chi connectivity index (χ3v) is 3.12. The van der Waals surface area contributed by atoms with Crippen LogP contribution in [0, 0.1) is 0 Å². The van der Waals surface area contributed by atoms with E-state index in [2.05, 4.69) is 18.5 Å². The molecule has 0 aliphatic carbocycles. The third kappa shape index (κ3) is 13.4. The normalized spacial score (nSPS) is 13.0. The Hall–Kier alpha value is -1.85. The fourth-order valence-corrected chi connectivity index (χ4v) is 2.27. The summed E-state index contributed by atoms with van der Waals surface area (Å²) in [7, 11) is 0. The van der Waals surface area contributed by atoms with Gasteiger partial charge in [-0.25, -0.2) is 0 Å². The predicted molar refractivity (Wildman–Crippen MR) is 124 cm³/mol. The van der Waals surface area contributed by atoms with Crippen molar-refractivity contribution in [2.75, 3.05) is 0 Å². The lowest BCUT2D eigenvalue weighted by Gasteiger charge is -1.89. The van der Waals surface area contributed by atoms with Crippen LogP contribution in [-0.2, 0) is 4.79 Å². The van der Waals surface area contributed by atoms with Crippen molar-refractivity contribution >= 4 is 46.4 Å². The molecule has 1 aliphatic rings. The van der Waals surface area contributed by atoms with Gasteiger partial charge in [-0.15, -0.1) is 6.58 Å². The zero-order valence-electron chi connectivity index (χ0n) is 17.1. The summed E-state index contributed by atoms with van der Waals surface area (Å²) in [6.45, 7) is 20.8. The van der Waals surface area contributed by atoms with Gasteiger partial charge >= 0.3 is 0 Å². The lowest BCUT2D eigenvalue weighted by molar-refractivity contribution is -0.115. The molecule has 0 spiro atoms. The SMILES string of the molecule is C=C/C=C/c1ccc(/C=C2/SC(=S)NC2=O)o1.C=CC.CC.CC.CC. The van der Waals surface area contributed by atoms with Crippen LogP contribution in [-0.4, -0.2) is 10.2 Å². The minimum atomic E-state index is -0.181. The van der Waals surface area contributed by atoms with Gasteiger partial charge in [0.1, 0.15) is 15.8 Å². The molecule has 0 radical (unpaired) electrons. The van der Waals surface area contributed by atoms with Gasteiger partial charge in [-0.2, -0.15) is 0 Å². The zero-order chi connectivity index (χ0) is 21.0. The smallest absolute Gasteiger partial charge is 0.263 e. The van der Waals surface area contributed by atoms with Gasteiger partial charge in [0.05, 0.1) is 4.91 Å². The fraction of sp³-hybridized carbons (Fsp3) is 0.333. The number of amides is 1. The fourth-order valence-electron chi connectivity index (χ4n) is 1.25. The Balaban J connectivity index is -0.000000509. The molecule has 0 unspecified atom stereocenters. The summed E-state index contributed by atoms with van der Waals surface area (Å²) >= 11 is 6.12. The van der Waals surface area contributed by atoms with Crippen LogP contribution in [0.25, 0.3) is 12.2 Å². The maximum atomic E-state index is 11.4. The zero-order valence-corrected chi connectivity index (χ0v) is 18.7. The van der Waals surface area contributed by atoms with Gasteiger partial charge in [0, 0.05) is 6.08 Å². The van der Waals surface area contributed by atoms with E-state index < -0.39 is 0 Å². The first kappa shape index (κ1) is 28.9. The van der Waals surface area contributed by atoms with E-state index in [1.165, 1.54) is 11.8 Å². The van der Waals surface area contributed by atoms with Crippen LogP contribution in [0.3, 0.4) is 0 Å². The van der Waals surface area contributed by atoms with Crippen LogP contribution in [0.1, 0.15) is 60.0 Å². The summed E-state index contributed by atoms with van der Waals surface area (Å²) in [6.07, 6.45) is 8.66. The highest BCUT2D eigenvalue weighted by atomic mass is 32.2. The molecule has 26 heavy (non-hydrogen) atoms. The highest BCUT2D eigenvalue weighted by molar-refractivity contribution is 8.26. The van der Waals surface area contributed by atoms with Gasteiger partial charge in [0.15, 0.2) is 0 Å². The standard InChI is InChI=1S/C12H9NO2S2.C3H6.3C2H6/c1-2-3-4-8-5-6-9(15-8)7-10-11(14)13-12(16)17-10;1-3-2;3*1-2/h2-7H,1H2,(H,13,14,16);3H,1H2,2H3;3*1-2H3/b4-3+,10-7+;;;;. The van der Waals surface area contributed by atoms with Crippen LogP contribution in [0.4, 0.5) is 0 Å². The molecule has 1 aromatic heterocycles. The van der Waals surface area contributed by atoms with Crippen molar-refractivity contribution in [1.29, 1.82) is 0 Å². The number of nitrogens with one attached hydrogen (secondary N) is 1. The first-order valence-corrected chi connectivity index (χ1v) is 10.0. The second-order valence-electron chi connectivity index (χ2n) is 3.60. The molecule has 1 N–H and O–H groups in total. The molecule has 0 aromatic carbocycles. The average Bonchev–Trinajstić information content (AvgIpc) is 3.25. The summed E-state index contributed by atoms with van der Waals surface area (Å²) in [5.74, 6) is 1.15. The number of rotatable bonds is 3. The van der Waals surface area contributed by atoms with Crippen molar-refractivity contribution in [3.63, 3.8) is 0 Å². The molecular weight excluding hydrogens is 362 g/mol. The van der Waals surface area contributed by atoms with E-state index in [1.54, 1.807) is 36.4 Å². The first-order valence-electron chi connectivity index (χ1n) is 8.81. The largest absolute Gasteiger partial charge is 0.457 e. The third-order valence-electron chi connectivity index (χ3n) is 1.96. The molecule has 1 saturated heterocycles. The molecule has 0 atom stereocenters. The minimum Gasteiger partial charge on any atom is -0.457 e. The average molecular weight is 396 g/mol. The van der Waals surface area contributed by atoms with Gasteiger partial charge in [-0.05, 0) is 25.1 Å². The number of carbonyl (C=O) groups is 1. The van der Waals surface area contributed by atoms with Gasteiger partial charge in [0.25, 0.3) is 5.91 Å². The van der Waals surface area contributed by atoms with Crippen molar-refractivity contribution in [1.82, 2.24) is 5.32 Å². The van der Waals surface area contributed by atoms with Crippen LogP contribution in [0.15, 0.2) is 52.8 Å². The molecule has 1 amide bonds. The topological polar surface area (TPSA) is 42.2 Å². The number of thiocarbonyl (C=S) groups is 1. The number of hydrogen-bond donors (Lipinski definition) is 1. The van der Waals surface area contributed by atoms with E-state index in [9.17, 15) is 4.79 Å². The molecule has 1 aliphatic heterocycles. The van der Waals surface area contributed by atoms with Crippen molar-refractivity contribution in [3.05, 3.63) is 59.9 Å². The Morgan fingerprint density at radius 3 is 2.00 bits per heavy atom. The van der Waals surface area contributed by atoms with Crippen LogP contribution in [0.2, 0.25) is 0 Å². The Morgan fingerprint density at radius 1 is 1.08 bits per heavy atom. The number of hydrogen-bond acceptors (Lipinski definition) is 4. The van der Waals surface area contributed by atoms with Crippen molar-refractivity contribution < 1.29 is 9.21 Å². The first-order chi connectivity index (χ1) is 12.6. The maximum absolute atomic E-state index is 11.4. The van der Waals surface area contributed by atoms with Gasteiger partial charge in [-0.3, -0.25) is 4.79 Å². The summed E-state index contributed by atoms with van der Waals surface area (Å²) < 4.78 is 5.96. The molecule has 146 valence electrons. The lowest BCUT2D eigenvalue weighted by Crippen LogP contribution is -2.17. The van der Waals surface area contributed by atoms with E-state index in [1.807, 2.05) is 54.5 Å². The second-order valence-corrected chi connectivity index (χ2v) is 5.31. The van der Waals surface area contributed by atoms with E-state index in [4.69, 9.17) is 16.6 Å². The van der Waals surface area contributed by atoms with E-state index in [0.717, 1.165) is 0 Å². The Labute approximate surface area is 169 Å². The number of carbonyl (C=O) groups excluding carboxylic acids is 1. The number of thioether (sulfide) groups is 1. The lowest BCUT2D eigenvalue weighted by atomic mass is 10.3. The Morgan fingerprint density at radius 2 is 1.58 bits per heavy atom. The summed E-state index contributed by atoms with van der Waals surface area (Å²) in [5, 5.41) is 2.55. The van der Waals surface area contributed by atoms with Crippen molar-refractivity contribution in [2.45, 2.75) is 48.5 Å². The van der Waals surface area contributed by atoms with Crippen molar-refractivity contribution in [3.8, 4) is 0 Å². The van der Waals surface area contributed by atoms with E-state index in [0.29, 0.717) is 20.7 Å². The minimum absolute atomic E-state index is 0.181. The van der Waals surface area contributed by atoms with Gasteiger partial charge in [0.2, 0.25) is 0 Å². The monoisotopic (exact) mass is 395 g/mol. The van der Waals surface area contributed by atoms with Crippen LogP contribution >= 0.6 is 24.0 Å². The Kier molecular flexibility index (Phi) is 23.6. The summed E-state index contributed by atoms with van der Waals surface area (Å²) in [6, 6.07) is 3.62. The second kappa shape index (κ2) is 21.2. The Bertz CT molecular complexity index is 585. The molecule has 2 rings (SSSR count). The van der Waals surface area contributed by atoms with Crippen LogP contribution in [0.5, 0.6) is 0 Å². The number of allylic oxidation sites excluding steroid dienone is 3. The van der Waals surface area contributed by atoms with Gasteiger partial charge in [-0.1, -0.05) is 90.3 Å². The predicted octanol–water partition coefficient (Wildman–Crippen LogP) is 7.24. The summed E-state index contributed by atoms with van der Waals surface area (Å²) in [5.41, 5.74) is 0. The highest BCUT2D eigenvalue weighted by Crippen LogP contribution is 2.26. The highest BCUT2D eigenvalue weighted by Gasteiger charge is 2.22. The molecule has 3 nitrogen and oxygen atoms in total. The quantitative estimate of drug-likeness (QED) is 0.253. The molecular formula is C21H33NO2S2. The molecule has 2 heterocycles. The van der Waals surface area contributed by atoms with Crippen LogP contribution < -0.4 is 5.32 Å². The van der Waals surface area contributed by atoms with E-state index >= 15 is 0 Å². The maximum Gasteiger partial charge on any atom is 0.263 e. The molecule has 5 heteroatoms. The molecule has 0 saturated carbocycles. The molecule has 1 aromatic rings. The summed E-state index contributed by atoms with van der Waals surface area (Å²) in [4.78, 5) is 12.0. The van der Waals surface area contributed by atoms with E-state index in [-0.39, 0.29) is 5.91 Å². The molecule has 1 fully saturated rings. The van der Waals surface area contributed by atoms with Gasteiger partial charge < -0.3 is 9.73 Å². The van der Waals surface area contributed by atoms with Crippen molar-refractivity contribution in [2.24, 2.45) is 0 Å². The number of furan rings is 1. The molecule has 0 bridgehead atoms.